The van der Waals surface area contributed by atoms with Crippen LogP contribution in [0.25, 0.3) is 0 Å². The second-order valence-corrected chi connectivity index (χ2v) is 7.40. The summed E-state index contributed by atoms with van der Waals surface area (Å²) in [5.74, 6) is 0.772. The number of nitrogens with one attached hydrogen (secondary N) is 2. The van der Waals surface area contributed by atoms with E-state index in [9.17, 15) is 9.59 Å². The van der Waals surface area contributed by atoms with Crippen LogP contribution in [0.2, 0.25) is 0 Å². The Morgan fingerprint density at radius 3 is 2.19 bits per heavy atom. The Balaban J connectivity index is 1.31. The van der Waals surface area contributed by atoms with Gasteiger partial charge < -0.3 is 15.5 Å². The highest BCUT2D eigenvalue weighted by atomic mass is 16.2. The molecule has 2 aliphatic rings. The van der Waals surface area contributed by atoms with Crippen LogP contribution in [0.5, 0.6) is 0 Å². The zero-order chi connectivity index (χ0) is 18.6. The summed E-state index contributed by atoms with van der Waals surface area (Å²) < 4.78 is 0. The zero-order valence-electron chi connectivity index (χ0n) is 15.4. The Hall–Kier alpha value is -2.66. The molecule has 5 heteroatoms. The van der Waals surface area contributed by atoms with Gasteiger partial charge in [0.05, 0.1) is 5.92 Å². The van der Waals surface area contributed by atoms with Crippen LogP contribution < -0.4 is 10.6 Å². The van der Waals surface area contributed by atoms with E-state index in [4.69, 9.17) is 0 Å². The van der Waals surface area contributed by atoms with Gasteiger partial charge in [-0.05, 0) is 48.6 Å². The van der Waals surface area contributed by atoms with Crippen LogP contribution in [-0.4, -0.2) is 42.9 Å². The molecule has 2 saturated heterocycles. The van der Waals surface area contributed by atoms with Crippen molar-refractivity contribution in [3.63, 3.8) is 0 Å². The van der Waals surface area contributed by atoms with Gasteiger partial charge in [-0.2, -0.15) is 0 Å². The van der Waals surface area contributed by atoms with Gasteiger partial charge in [0.25, 0.3) is 5.91 Å². The highest BCUT2D eigenvalue weighted by Gasteiger charge is 2.26. The molecule has 2 aromatic rings. The molecule has 0 atom stereocenters. The standard InChI is InChI=1S/C22H25N3O2/c26-21(19-14-23-15-19)24-20-8-6-16(7-9-20)17-10-12-25(13-11-17)22(27)18-4-2-1-3-5-18/h1-9,17,19,23H,10-15H2,(H,24,26). The minimum Gasteiger partial charge on any atom is -0.339 e. The highest BCUT2D eigenvalue weighted by molar-refractivity contribution is 5.94. The Kier molecular flexibility index (Phi) is 5.21. The summed E-state index contributed by atoms with van der Waals surface area (Å²) in [6.07, 6.45) is 1.94. The lowest BCUT2D eigenvalue weighted by molar-refractivity contribution is -0.121. The fourth-order valence-corrected chi connectivity index (χ4v) is 3.74. The number of amides is 2. The number of carbonyl (C=O) groups excluding carboxylic acids is 2. The molecule has 2 N–H and O–H groups in total. The van der Waals surface area contributed by atoms with Gasteiger partial charge in [-0.1, -0.05) is 30.3 Å². The molecule has 0 spiro atoms. The van der Waals surface area contributed by atoms with E-state index in [1.165, 1.54) is 5.56 Å². The largest absolute Gasteiger partial charge is 0.339 e. The molecule has 0 bridgehead atoms. The molecule has 140 valence electrons. The minimum atomic E-state index is 0.0919. The van der Waals surface area contributed by atoms with Crippen LogP contribution in [0.15, 0.2) is 54.6 Å². The Bertz CT molecular complexity index is 792. The molecular formula is C22H25N3O2. The molecule has 2 fully saturated rings. The number of benzene rings is 2. The van der Waals surface area contributed by atoms with E-state index in [0.717, 1.165) is 50.3 Å². The maximum absolute atomic E-state index is 12.6. The lowest BCUT2D eigenvalue weighted by Crippen LogP contribution is -2.48. The van der Waals surface area contributed by atoms with Gasteiger partial charge in [0.2, 0.25) is 5.91 Å². The summed E-state index contributed by atoms with van der Waals surface area (Å²) in [6, 6.07) is 17.7. The van der Waals surface area contributed by atoms with Gasteiger partial charge in [0.15, 0.2) is 0 Å². The molecule has 0 radical (unpaired) electrons. The van der Waals surface area contributed by atoms with Gasteiger partial charge >= 0.3 is 0 Å². The number of carbonyl (C=O) groups is 2. The van der Waals surface area contributed by atoms with Gasteiger partial charge in [-0.15, -0.1) is 0 Å². The monoisotopic (exact) mass is 363 g/mol. The molecule has 0 saturated carbocycles. The van der Waals surface area contributed by atoms with Crippen molar-refractivity contribution < 1.29 is 9.59 Å². The lowest BCUT2D eigenvalue weighted by atomic mass is 9.89. The number of likely N-dealkylation sites (tertiary alicyclic amines) is 1. The zero-order valence-corrected chi connectivity index (χ0v) is 15.4. The average Bonchev–Trinajstić information content (AvgIpc) is 2.67. The van der Waals surface area contributed by atoms with Crippen molar-refractivity contribution in [3.8, 4) is 0 Å². The molecule has 27 heavy (non-hydrogen) atoms. The van der Waals surface area contributed by atoms with E-state index in [1.807, 2.05) is 47.4 Å². The second kappa shape index (κ2) is 7.92. The fourth-order valence-electron chi connectivity index (χ4n) is 3.74. The Morgan fingerprint density at radius 1 is 0.926 bits per heavy atom. The first-order valence-corrected chi connectivity index (χ1v) is 9.66. The predicted molar refractivity (Wildman–Crippen MR) is 106 cm³/mol. The molecule has 5 nitrogen and oxygen atoms in total. The molecule has 2 amide bonds. The number of anilines is 1. The summed E-state index contributed by atoms with van der Waals surface area (Å²) in [5.41, 5.74) is 2.90. The second-order valence-electron chi connectivity index (χ2n) is 7.40. The van der Waals surface area contributed by atoms with Crippen LogP contribution in [-0.2, 0) is 4.79 Å². The van der Waals surface area contributed by atoms with E-state index in [-0.39, 0.29) is 17.7 Å². The molecule has 2 aromatic carbocycles. The Labute approximate surface area is 159 Å². The third-order valence-electron chi connectivity index (χ3n) is 5.60. The summed E-state index contributed by atoms with van der Waals surface area (Å²) in [4.78, 5) is 26.5. The van der Waals surface area contributed by atoms with Crippen molar-refractivity contribution in [2.24, 2.45) is 5.92 Å². The molecule has 2 aliphatic heterocycles. The first-order chi connectivity index (χ1) is 13.2. The van der Waals surface area contributed by atoms with Crippen molar-refractivity contribution in [3.05, 3.63) is 65.7 Å². The van der Waals surface area contributed by atoms with Crippen LogP contribution in [0.1, 0.15) is 34.7 Å². The van der Waals surface area contributed by atoms with Gasteiger partial charge in [-0.25, -0.2) is 0 Å². The molecule has 0 aliphatic carbocycles. The van der Waals surface area contributed by atoms with Crippen LogP contribution in [0.3, 0.4) is 0 Å². The van der Waals surface area contributed by atoms with Crippen LogP contribution in [0.4, 0.5) is 5.69 Å². The number of rotatable bonds is 4. The van der Waals surface area contributed by atoms with Gasteiger partial charge in [0, 0.05) is 37.4 Å². The van der Waals surface area contributed by atoms with Gasteiger partial charge in [-0.3, -0.25) is 9.59 Å². The Morgan fingerprint density at radius 2 is 1.59 bits per heavy atom. The molecule has 0 aromatic heterocycles. The van der Waals surface area contributed by atoms with E-state index in [1.54, 1.807) is 0 Å². The van der Waals surface area contributed by atoms with E-state index in [2.05, 4.69) is 22.8 Å². The summed E-state index contributed by atoms with van der Waals surface area (Å²) in [7, 11) is 0. The van der Waals surface area contributed by atoms with Crippen molar-refractivity contribution in [2.45, 2.75) is 18.8 Å². The number of hydrogen-bond acceptors (Lipinski definition) is 3. The van der Waals surface area contributed by atoms with E-state index < -0.39 is 0 Å². The quantitative estimate of drug-likeness (QED) is 0.878. The highest BCUT2D eigenvalue weighted by Crippen LogP contribution is 2.29. The number of nitrogens with zero attached hydrogens (tertiary/aromatic N) is 1. The minimum absolute atomic E-state index is 0.0919. The van der Waals surface area contributed by atoms with Gasteiger partial charge in [0.1, 0.15) is 0 Å². The topological polar surface area (TPSA) is 61.4 Å². The van der Waals surface area contributed by atoms with E-state index in [0.29, 0.717) is 5.92 Å². The summed E-state index contributed by atoms with van der Waals surface area (Å²) in [5, 5.41) is 6.10. The molecular weight excluding hydrogens is 338 g/mol. The maximum atomic E-state index is 12.6. The van der Waals surface area contributed by atoms with Crippen molar-refractivity contribution in [1.29, 1.82) is 0 Å². The fraction of sp³-hybridized carbons (Fsp3) is 0.364. The van der Waals surface area contributed by atoms with E-state index >= 15 is 0 Å². The normalized spacial score (nSPS) is 18.0. The number of piperidine rings is 1. The summed E-state index contributed by atoms with van der Waals surface area (Å²) in [6.45, 7) is 3.10. The number of hydrogen-bond donors (Lipinski definition) is 2. The summed E-state index contributed by atoms with van der Waals surface area (Å²) >= 11 is 0. The molecule has 4 rings (SSSR count). The van der Waals surface area contributed by atoms with Crippen molar-refractivity contribution >= 4 is 17.5 Å². The first kappa shape index (κ1) is 17.7. The first-order valence-electron chi connectivity index (χ1n) is 9.66. The van der Waals surface area contributed by atoms with Crippen LogP contribution in [0, 0.1) is 5.92 Å². The SMILES string of the molecule is O=C(Nc1ccc(C2CCN(C(=O)c3ccccc3)CC2)cc1)C1CNC1. The third kappa shape index (κ3) is 4.03. The molecule has 2 heterocycles. The van der Waals surface area contributed by atoms with Crippen LogP contribution >= 0.6 is 0 Å². The van der Waals surface area contributed by atoms with Crippen molar-refractivity contribution in [1.82, 2.24) is 10.2 Å². The maximum Gasteiger partial charge on any atom is 0.253 e. The average molecular weight is 363 g/mol. The van der Waals surface area contributed by atoms with Crippen molar-refractivity contribution in [2.75, 3.05) is 31.5 Å². The smallest absolute Gasteiger partial charge is 0.253 e. The molecule has 0 unspecified atom stereocenters. The predicted octanol–water partition coefficient (Wildman–Crippen LogP) is 2.86. The lowest BCUT2D eigenvalue weighted by Gasteiger charge is -2.32. The third-order valence-corrected chi connectivity index (χ3v) is 5.60.